The molecule has 1 amide bonds. The van der Waals surface area contributed by atoms with Gasteiger partial charge in [0.05, 0.1) is 23.5 Å². The maximum absolute atomic E-state index is 12.4. The molecule has 1 aliphatic rings. The van der Waals surface area contributed by atoms with Crippen molar-refractivity contribution in [1.29, 1.82) is 5.26 Å². The molecule has 0 spiro atoms. The number of hydrogen-bond donors (Lipinski definition) is 0. The number of pyridine rings is 1. The van der Waals surface area contributed by atoms with E-state index in [9.17, 15) is 10.1 Å². The highest BCUT2D eigenvalue weighted by molar-refractivity contribution is 5.88. The lowest BCUT2D eigenvalue weighted by atomic mass is 9.99. The van der Waals surface area contributed by atoms with Gasteiger partial charge in [0, 0.05) is 68.0 Å². The topological polar surface area (TPSA) is 91.7 Å². The fourth-order valence-electron chi connectivity index (χ4n) is 4.48. The number of fused-ring (bicyclic) bond motifs is 1. The second-order valence-corrected chi connectivity index (χ2v) is 10.0. The van der Waals surface area contributed by atoms with Gasteiger partial charge in [-0.2, -0.15) is 15.5 Å². The summed E-state index contributed by atoms with van der Waals surface area (Å²) in [6.45, 7) is 8.35. The standard InChI is InChI=1S/C27H29N7O2/c1-27(2,3)36-26(35)33-11-9-32(10-12-33)23-7-5-19(6-8-23)24-13-20(22-16-29-31(4)17-22)18-34-25(24)21(14-28)15-30-34/h5-8,13,15-18H,9-12H2,1-4H3. The third kappa shape index (κ3) is 4.62. The third-order valence-corrected chi connectivity index (χ3v) is 6.25. The Morgan fingerprint density at radius 1 is 0.972 bits per heavy atom. The number of benzene rings is 1. The van der Waals surface area contributed by atoms with E-state index in [1.807, 2.05) is 46.4 Å². The zero-order chi connectivity index (χ0) is 25.4. The van der Waals surface area contributed by atoms with Crippen molar-refractivity contribution in [2.45, 2.75) is 26.4 Å². The lowest BCUT2D eigenvalue weighted by Crippen LogP contribution is -2.50. The van der Waals surface area contributed by atoms with Crippen LogP contribution in [0.15, 0.2) is 55.1 Å². The van der Waals surface area contributed by atoms with E-state index in [1.165, 1.54) is 0 Å². The van der Waals surface area contributed by atoms with Crippen LogP contribution in [0, 0.1) is 11.3 Å². The van der Waals surface area contributed by atoms with Gasteiger partial charge in [0.2, 0.25) is 0 Å². The first-order chi connectivity index (χ1) is 17.2. The Morgan fingerprint density at radius 2 is 1.69 bits per heavy atom. The highest BCUT2D eigenvalue weighted by atomic mass is 16.6. The van der Waals surface area contributed by atoms with Crippen LogP contribution in [0.4, 0.5) is 10.5 Å². The first-order valence-electron chi connectivity index (χ1n) is 12.0. The van der Waals surface area contributed by atoms with Gasteiger partial charge in [0.15, 0.2) is 0 Å². The molecular formula is C27H29N7O2. The van der Waals surface area contributed by atoms with Gasteiger partial charge in [0.25, 0.3) is 0 Å². The molecule has 36 heavy (non-hydrogen) atoms. The smallest absolute Gasteiger partial charge is 0.410 e. The minimum Gasteiger partial charge on any atom is -0.444 e. The van der Waals surface area contributed by atoms with Crippen LogP contribution in [0.2, 0.25) is 0 Å². The third-order valence-electron chi connectivity index (χ3n) is 6.25. The molecule has 1 aromatic carbocycles. The summed E-state index contributed by atoms with van der Waals surface area (Å²) in [5.74, 6) is 0. The SMILES string of the molecule is Cn1cc(-c2cc(-c3ccc(N4CCN(C(=O)OC(C)(C)C)CC4)cc3)c3c(C#N)cnn3c2)cn1. The summed E-state index contributed by atoms with van der Waals surface area (Å²) in [4.78, 5) is 16.4. The van der Waals surface area contributed by atoms with Crippen LogP contribution in [0.1, 0.15) is 26.3 Å². The van der Waals surface area contributed by atoms with Crippen molar-refractivity contribution in [3.63, 3.8) is 0 Å². The molecule has 5 rings (SSSR count). The Balaban J connectivity index is 1.40. The summed E-state index contributed by atoms with van der Waals surface area (Å²) < 4.78 is 9.03. The molecule has 4 aromatic rings. The van der Waals surface area contributed by atoms with Crippen molar-refractivity contribution in [3.05, 3.63) is 60.7 Å². The number of carbonyl (C=O) groups is 1. The zero-order valence-electron chi connectivity index (χ0n) is 21.0. The first-order valence-corrected chi connectivity index (χ1v) is 12.0. The number of nitriles is 1. The molecule has 1 fully saturated rings. The second-order valence-electron chi connectivity index (χ2n) is 10.0. The molecule has 0 aliphatic carbocycles. The molecular weight excluding hydrogens is 454 g/mol. The Morgan fingerprint density at radius 3 is 2.31 bits per heavy atom. The number of aryl methyl sites for hydroxylation is 1. The number of nitrogens with zero attached hydrogens (tertiary/aromatic N) is 7. The molecule has 1 saturated heterocycles. The largest absolute Gasteiger partial charge is 0.444 e. The summed E-state index contributed by atoms with van der Waals surface area (Å²) in [5, 5.41) is 18.4. The number of hydrogen-bond acceptors (Lipinski definition) is 6. The number of amides is 1. The molecule has 0 saturated carbocycles. The van der Waals surface area contributed by atoms with E-state index >= 15 is 0 Å². The average molecular weight is 484 g/mol. The highest BCUT2D eigenvalue weighted by Gasteiger charge is 2.26. The van der Waals surface area contributed by atoms with Crippen molar-refractivity contribution >= 4 is 17.3 Å². The monoisotopic (exact) mass is 483 g/mol. The highest BCUT2D eigenvalue weighted by Crippen LogP contribution is 2.33. The summed E-state index contributed by atoms with van der Waals surface area (Å²) in [5.41, 5.74) is 5.80. The molecule has 3 aromatic heterocycles. The normalized spacial score (nSPS) is 14.2. The van der Waals surface area contributed by atoms with Gasteiger partial charge in [0.1, 0.15) is 11.7 Å². The van der Waals surface area contributed by atoms with Gasteiger partial charge in [-0.3, -0.25) is 4.68 Å². The van der Waals surface area contributed by atoms with Crippen LogP contribution < -0.4 is 4.90 Å². The van der Waals surface area contributed by atoms with Crippen LogP contribution in [0.3, 0.4) is 0 Å². The summed E-state index contributed by atoms with van der Waals surface area (Å²) >= 11 is 0. The van der Waals surface area contributed by atoms with Crippen LogP contribution in [0.5, 0.6) is 0 Å². The predicted molar refractivity (Wildman–Crippen MR) is 138 cm³/mol. The van der Waals surface area contributed by atoms with E-state index in [0.717, 1.165) is 46.5 Å². The Labute approximate surface area is 210 Å². The molecule has 0 N–H and O–H groups in total. The molecule has 184 valence electrons. The number of anilines is 1. The fourth-order valence-corrected chi connectivity index (χ4v) is 4.48. The minimum absolute atomic E-state index is 0.260. The van der Waals surface area contributed by atoms with Gasteiger partial charge in [-0.05, 0) is 44.5 Å². The summed E-state index contributed by atoms with van der Waals surface area (Å²) in [6.07, 6.45) is 7.04. The van der Waals surface area contributed by atoms with E-state index in [4.69, 9.17) is 4.74 Å². The molecule has 1 aliphatic heterocycles. The van der Waals surface area contributed by atoms with E-state index in [1.54, 1.807) is 20.3 Å². The van der Waals surface area contributed by atoms with Crippen molar-refractivity contribution in [3.8, 4) is 28.3 Å². The number of piperazine rings is 1. The number of aromatic nitrogens is 4. The van der Waals surface area contributed by atoms with Gasteiger partial charge < -0.3 is 14.5 Å². The fraction of sp³-hybridized carbons (Fsp3) is 0.333. The van der Waals surface area contributed by atoms with Crippen molar-refractivity contribution in [1.82, 2.24) is 24.3 Å². The molecule has 4 heterocycles. The van der Waals surface area contributed by atoms with E-state index in [2.05, 4.69) is 51.5 Å². The number of rotatable bonds is 3. The van der Waals surface area contributed by atoms with Crippen LogP contribution in [-0.4, -0.2) is 62.2 Å². The number of carbonyl (C=O) groups excluding carboxylic acids is 1. The van der Waals surface area contributed by atoms with Crippen LogP contribution in [0.25, 0.3) is 27.8 Å². The van der Waals surface area contributed by atoms with Gasteiger partial charge >= 0.3 is 6.09 Å². The maximum atomic E-state index is 12.4. The zero-order valence-corrected chi connectivity index (χ0v) is 21.0. The minimum atomic E-state index is -0.495. The summed E-state index contributed by atoms with van der Waals surface area (Å²) in [6, 6.07) is 12.7. The lowest BCUT2D eigenvalue weighted by Gasteiger charge is -2.36. The van der Waals surface area contributed by atoms with Gasteiger partial charge in [-0.1, -0.05) is 12.1 Å². The maximum Gasteiger partial charge on any atom is 0.410 e. The van der Waals surface area contributed by atoms with Crippen molar-refractivity contribution < 1.29 is 9.53 Å². The molecule has 0 bridgehead atoms. The first kappa shape index (κ1) is 23.4. The van der Waals surface area contributed by atoms with Crippen molar-refractivity contribution in [2.75, 3.05) is 31.1 Å². The van der Waals surface area contributed by atoms with Gasteiger partial charge in [-0.15, -0.1) is 0 Å². The quantitative estimate of drug-likeness (QED) is 0.431. The van der Waals surface area contributed by atoms with Crippen LogP contribution >= 0.6 is 0 Å². The molecule has 0 unspecified atom stereocenters. The molecule has 0 atom stereocenters. The van der Waals surface area contributed by atoms with Gasteiger partial charge in [-0.25, -0.2) is 9.31 Å². The van der Waals surface area contributed by atoms with E-state index in [0.29, 0.717) is 18.7 Å². The molecule has 9 nitrogen and oxygen atoms in total. The summed E-state index contributed by atoms with van der Waals surface area (Å²) in [7, 11) is 1.89. The van der Waals surface area contributed by atoms with E-state index in [-0.39, 0.29) is 6.09 Å². The number of ether oxygens (including phenoxy) is 1. The molecule has 9 heteroatoms. The Kier molecular flexibility index (Phi) is 5.88. The predicted octanol–water partition coefficient (Wildman–Crippen LogP) is 4.33. The van der Waals surface area contributed by atoms with Crippen LogP contribution in [-0.2, 0) is 11.8 Å². The average Bonchev–Trinajstić information content (AvgIpc) is 3.48. The molecule has 0 radical (unpaired) electrons. The Bertz CT molecular complexity index is 1450. The van der Waals surface area contributed by atoms with Crippen molar-refractivity contribution in [2.24, 2.45) is 7.05 Å². The second kappa shape index (κ2) is 9.04. The Hall–Kier alpha value is -4.32. The van der Waals surface area contributed by atoms with E-state index < -0.39 is 5.60 Å². The lowest BCUT2D eigenvalue weighted by molar-refractivity contribution is 0.0240.